The molecule has 60 valence electrons. The minimum atomic E-state index is 0.0217. The van der Waals surface area contributed by atoms with Crippen LogP contribution in [0.15, 0.2) is 9.85 Å². The molecule has 0 saturated heterocycles. The summed E-state index contributed by atoms with van der Waals surface area (Å²) in [4.78, 5) is 11.3. The molecule has 0 aromatic carbocycles. The molecule has 1 aromatic heterocycles. The van der Waals surface area contributed by atoms with Crippen molar-refractivity contribution in [2.45, 2.75) is 13.8 Å². The van der Waals surface area contributed by atoms with Crippen LogP contribution in [0.25, 0.3) is 0 Å². The van der Waals surface area contributed by atoms with Gasteiger partial charge in [-0.05, 0) is 27.5 Å². The molecule has 0 fully saturated rings. The van der Waals surface area contributed by atoms with Crippen LogP contribution in [-0.4, -0.2) is 10.2 Å². The van der Waals surface area contributed by atoms with Crippen LogP contribution in [0, 0.1) is 5.92 Å². The molecule has 4 heteroatoms. The second kappa shape index (κ2) is 3.45. The summed E-state index contributed by atoms with van der Waals surface area (Å²) in [5.74, 6) is 0.117. The molecule has 0 aliphatic carbocycles. The highest BCUT2D eigenvalue weighted by atomic mass is 79.9. The van der Waals surface area contributed by atoms with E-state index in [4.69, 9.17) is 0 Å². The second-order valence-corrected chi connectivity index (χ2v) is 4.01. The van der Waals surface area contributed by atoms with Crippen LogP contribution in [0.1, 0.15) is 24.3 Å². The molecular weight excluding hydrogens is 226 g/mol. The molecule has 0 atom stereocenters. The molecule has 0 aliphatic heterocycles. The number of hydrogen-bond acceptors (Lipinski definition) is 3. The maximum absolute atomic E-state index is 11.3. The smallest absolute Gasteiger partial charge is 0.185 e. The van der Waals surface area contributed by atoms with Gasteiger partial charge in [-0.2, -0.15) is 4.37 Å². The number of ketones is 1. The number of aromatic nitrogens is 1. The average molecular weight is 234 g/mol. The van der Waals surface area contributed by atoms with Crippen LogP contribution in [0.4, 0.5) is 0 Å². The Morgan fingerprint density at radius 2 is 2.36 bits per heavy atom. The SMILES string of the molecule is CC(C)C(=O)c1nscc1Br. The standard InChI is InChI=1S/C7H8BrNOS/c1-4(2)7(10)6-5(8)3-11-9-6/h3-4H,1-2H3. The van der Waals surface area contributed by atoms with Gasteiger partial charge < -0.3 is 0 Å². The van der Waals surface area contributed by atoms with Gasteiger partial charge >= 0.3 is 0 Å². The highest BCUT2D eigenvalue weighted by Gasteiger charge is 2.15. The van der Waals surface area contributed by atoms with E-state index in [0.717, 1.165) is 4.47 Å². The van der Waals surface area contributed by atoms with Gasteiger partial charge in [0.1, 0.15) is 5.69 Å². The van der Waals surface area contributed by atoms with Gasteiger partial charge in [-0.25, -0.2) is 0 Å². The lowest BCUT2D eigenvalue weighted by Crippen LogP contribution is -2.07. The Morgan fingerprint density at radius 1 is 1.73 bits per heavy atom. The fraction of sp³-hybridized carbons (Fsp3) is 0.429. The number of halogens is 1. The second-order valence-electron chi connectivity index (χ2n) is 2.53. The first-order chi connectivity index (χ1) is 5.13. The minimum Gasteiger partial charge on any atom is -0.292 e. The van der Waals surface area contributed by atoms with Crippen molar-refractivity contribution >= 4 is 33.2 Å². The summed E-state index contributed by atoms with van der Waals surface area (Å²) in [5, 5.41) is 1.82. The average Bonchev–Trinajstić information content (AvgIpc) is 2.33. The quantitative estimate of drug-likeness (QED) is 0.736. The van der Waals surface area contributed by atoms with Gasteiger partial charge in [0, 0.05) is 11.3 Å². The Bertz CT molecular complexity index is 269. The Hall–Kier alpha value is -0.220. The van der Waals surface area contributed by atoms with E-state index in [9.17, 15) is 4.79 Å². The Morgan fingerprint density at radius 3 is 2.73 bits per heavy atom. The fourth-order valence-electron chi connectivity index (χ4n) is 0.661. The maximum atomic E-state index is 11.3. The Balaban J connectivity index is 2.93. The largest absolute Gasteiger partial charge is 0.292 e. The van der Waals surface area contributed by atoms with Crippen LogP contribution in [0.5, 0.6) is 0 Å². The third-order valence-electron chi connectivity index (χ3n) is 1.28. The van der Waals surface area contributed by atoms with E-state index in [-0.39, 0.29) is 11.7 Å². The van der Waals surface area contributed by atoms with E-state index in [1.165, 1.54) is 11.5 Å². The van der Waals surface area contributed by atoms with Crippen LogP contribution in [0.2, 0.25) is 0 Å². The topological polar surface area (TPSA) is 30.0 Å². The molecule has 1 heterocycles. The number of carbonyl (C=O) groups is 1. The van der Waals surface area contributed by atoms with Gasteiger partial charge in [0.05, 0.1) is 4.47 Å². The molecule has 0 aliphatic rings. The molecule has 0 amide bonds. The van der Waals surface area contributed by atoms with Gasteiger partial charge in [-0.1, -0.05) is 13.8 Å². The summed E-state index contributed by atoms with van der Waals surface area (Å²) in [6.07, 6.45) is 0. The molecular formula is C7H8BrNOS. The summed E-state index contributed by atoms with van der Waals surface area (Å²) in [6, 6.07) is 0. The van der Waals surface area contributed by atoms with Crippen LogP contribution in [-0.2, 0) is 0 Å². The lowest BCUT2D eigenvalue weighted by Gasteiger charge is -1.99. The lowest BCUT2D eigenvalue weighted by atomic mass is 10.1. The molecule has 1 aromatic rings. The maximum Gasteiger partial charge on any atom is 0.185 e. The zero-order valence-corrected chi connectivity index (χ0v) is 8.70. The summed E-state index contributed by atoms with van der Waals surface area (Å²) in [7, 11) is 0. The summed E-state index contributed by atoms with van der Waals surface area (Å²) >= 11 is 4.56. The molecule has 0 spiro atoms. The molecule has 1 rings (SSSR count). The van der Waals surface area contributed by atoms with E-state index >= 15 is 0 Å². The van der Waals surface area contributed by atoms with Gasteiger partial charge in [-0.3, -0.25) is 4.79 Å². The van der Waals surface area contributed by atoms with Gasteiger partial charge in [-0.15, -0.1) is 0 Å². The number of nitrogens with zero attached hydrogens (tertiary/aromatic N) is 1. The number of rotatable bonds is 2. The van der Waals surface area contributed by atoms with E-state index < -0.39 is 0 Å². The van der Waals surface area contributed by atoms with Crippen molar-refractivity contribution in [1.82, 2.24) is 4.37 Å². The highest BCUT2D eigenvalue weighted by Crippen LogP contribution is 2.20. The van der Waals surface area contributed by atoms with Crippen molar-refractivity contribution < 1.29 is 4.79 Å². The molecule has 0 saturated carbocycles. The Kier molecular flexibility index (Phi) is 2.78. The molecule has 11 heavy (non-hydrogen) atoms. The molecule has 0 bridgehead atoms. The monoisotopic (exact) mass is 233 g/mol. The summed E-state index contributed by atoms with van der Waals surface area (Å²) < 4.78 is 4.79. The van der Waals surface area contributed by atoms with Crippen molar-refractivity contribution in [2.24, 2.45) is 5.92 Å². The van der Waals surface area contributed by atoms with Crippen molar-refractivity contribution in [3.8, 4) is 0 Å². The lowest BCUT2D eigenvalue weighted by molar-refractivity contribution is 0.0934. The Labute approximate surface area is 77.9 Å². The van der Waals surface area contributed by atoms with E-state index in [2.05, 4.69) is 20.3 Å². The number of carbonyl (C=O) groups excluding carboxylic acids is 1. The van der Waals surface area contributed by atoms with Gasteiger partial charge in [0.15, 0.2) is 5.78 Å². The van der Waals surface area contributed by atoms with Crippen LogP contribution >= 0.6 is 27.5 Å². The molecule has 0 unspecified atom stereocenters. The summed E-state index contributed by atoms with van der Waals surface area (Å²) in [5.41, 5.74) is 0.560. The van der Waals surface area contributed by atoms with Crippen molar-refractivity contribution in [3.05, 3.63) is 15.5 Å². The van der Waals surface area contributed by atoms with Crippen LogP contribution < -0.4 is 0 Å². The van der Waals surface area contributed by atoms with E-state index in [1.807, 2.05) is 19.2 Å². The number of Topliss-reactive ketones (excluding diaryl/α,β-unsaturated/α-hetero) is 1. The van der Waals surface area contributed by atoms with E-state index in [0.29, 0.717) is 5.69 Å². The first-order valence-corrected chi connectivity index (χ1v) is 4.90. The predicted molar refractivity (Wildman–Crippen MR) is 49.0 cm³/mol. The van der Waals surface area contributed by atoms with E-state index in [1.54, 1.807) is 0 Å². The molecule has 0 radical (unpaired) electrons. The van der Waals surface area contributed by atoms with Crippen molar-refractivity contribution in [2.75, 3.05) is 0 Å². The first-order valence-electron chi connectivity index (χ1n) is 3.27. The predicted octanol–water partition coefficient (Wildman–Crippen LogP) is 2.74. The van der Waals surface area contributed by atoms with Gasteiger partial charge in [0.2, 0.25) is 0 Å². The van der Waals surface area contributed by atoms with Crippen LogP contribution in [0.3, 0.4) is 0 Å². The zero-order chi connectivity index (χ0) is 8.43. The molecule has 2 nitrogen and oxygen atoms in total. The molecule has 0 N–H and O–H groups in total. The third kappa shape index (κ3) is 1.87. The fourth-order valence-corrected chi connectivity index (χ4v) is 1.86. The summed E-state index contributed by atoms with van der Waals surface area (Å²) in [6.45, 7) is 3.74. The first kappa shape index (κ1) is 8.87. The third-order valence-corrected chi connectivity index (χ3v) is 2.82. The highest BCUT2D eigenvalue weighted by molar-refractivity contribution is 9.10. The normalized spacial score (nSPS) is 10.5. The van der Waals surface area contributed by atoms with Crippen molar-refractivity contribution in [1.29, 1.82) is 0 Å². The van der Waals surface area contributed by atoms with Gasteiger partial charge in [0.25, 0.3) is 0 Å². The minimum absolute atomic E-state index is 0.0217. The number of hydrogen-bond donors (Lipinski definition) is 0. The van der Waals surface area contributed by atoms with Crippen molar-refractivity contribution in [3.63, 3.8) is 0 Å². The zero-order valence-electron chi connectivity index (χ0n) is 6.30.